The Kier molecular flexibility index (Phi) is 5.75. The molecule has 1 aromatic rings. The molecule has 0 saturated heterocycles. The molecular formula is C14H18N2O3. The lowest BCUT2D eigenvalue weighted by atomic mass is 10.1. The van der Waals surface area contributed by atoms with E-state index in [-0.39, 0.29) is 18.9 Å². The number of para-hydroxylation sites is 1. The van der Waals surface area contributed by atoms with Gasteiger partial charge in [0, 0.05) is 12.2 Å². The van der Waals surface area contributed by atoms with Crippen LogP contribution in [0.1, 0.15) is 12.8 Å². The van der Waals surface area contributed by atoms with Crippen LogP contribution in [0.2, 0.25) is 0 Å². The van der Waals surface area contributed by atoms with Crippen LogP contribution >= 0.6 is 0 Å². The lowest BCUT2D eigenvalue weighted by molar-refractivity contribution is -0.136. The molecule has 0 spiro atoms. The van der Waals surface area contributed by atoms with Gasteiger partial charge in [0.2, 0.25) is 5.91 Å². The second-order valence-electron chi connectivity index (χ2n) is 4.10. The zero-order chi connectivity index (χ0) is 14.3. The largest absolute Gasteiger partial charge is 0.481 e. The molecule has 0 aromatic heterocycles. The Morgan fingerprint density at radius 2 is 2.00 bits per heavy atom. The summed E-state index contributed by atoms with van der Waals surface area (Å²) in [4.78, 5) is 24.3. The lowest BCUT2D eigenvalue weighted by Crippen LogP contribution is -2.44. The SMILES string of the molecule is C=CCC(N)C(=O)N(CCC(=O)O)c1ccccc1. The molecule has 102 valence electrons. The van der Waals surface area contributed by atoms with Crippen LogP contribution in [0, 0.1) is 0 Å². The summed E-state index contributed by atoms with van der Waals surface area (Å²) in [5.41, 5.74) is 6.41. The van der Waals surface area contributed by atoms with E-state index < -0.39 is 12.0 Å². The van der Waals surface area contributed by atoms with Gasteiger partial charge in [0.25, 0.3) is 0 Å². The fourth-order valence-corrected chi connectivity index (χ4v) is 1.66. The molecule has 3 N–H and O–H groups in total. The minimum Gasteiger partial charge on any atom is -0.481 e. The molecule has 0 aliphatic carbocycles. The molecule has 19 heavy (non-hydrogen) atoms. The van der Waals surface area contributed by atoms with Crippen LogP contribution in [0.15, 0.2) is 43.0 Å². The van der Waals surface area contributed by atoms with Crippen LogP contribution in [0.5, 0.6) is 0 Å². The van der Waals surface area contributed by atoms with Gasteiger partial charge in [0.15, 0.2) is 0 Å². The van der Waals surface area contributed by atoms with Crippen LogP contribution in [0.25, 0.3) is 0 Å². The maximum absolute atomic E-state index is 12.2. The number of hydrogen-bond acceptors (Lipinski definition) is 3. The summed E-state index contributed by atoms with van der Waals surface area (Å²) in [6.45, 7) is 3.64. The first kappa shape index (κ1) is 14.9. The second-order valence-corrected chi connectivity index (χ2v) is 4.10. The normalized spacial score (nSPS) is 11.6. The zero-order valence-electron chi connectivity index (χ0n) is 10.7. The highest BCUT2D eigenvalue weighted by Crippen LogP contribution is 2.15. The van der Waals surface area contributed by atoms with Crippen LogP contribution in [0.4, 0.5) is 5.69 Å². The first-order valence-corrected chi connectivity index (χ1v) is 6.01. The molecule has 0 aliphatic heterocycles. The Hall–Kier alpha value is -2.14. The van der Waals surface area contributed by atoms with Gasteiger partial charge in [0.05, 0.1) is 12.5 Å². The van der Waals surface area contributed by atoms with E-state index in [1.54, 1.807) is 30.3 Å². The predicted molar refractivity (Wildman–Crippen MR) is 73.8 cm³/mol. The summed E-state index contributed by atoms with van der Waals surface area (Å²) in [5.74, 6) is -1.25. The van der Waals surface area contributed by atoms with Crippen molar-refractivity contribution in [2.24, 2.45) is 5.73 Å². The summed E-state index contributed by atoms with van der Waals surface area (Å²) in [7, 11) is 0. The third kappa shape index (κ3) is 4.56. The van der Waals surface area contributed by atoms with E-state index in [9.17, 15) is 9.59 Å². The van der Waals surface area contributed by atoms with E-state index in [1.807, 2.05) is 6.07 Å². The Morgan fingerprint density at radius 3 is 2.53 bits per heavy atom. The highest BCUT2D eigenvalue weighted by Gasteiger charge is 2.21. The van der Waals surface area contributed by atoms with Crippen molar-refractivity contribution in [2.75, 3.05) is 11.4 Å². The average Bonchev–Trinajstić information content (AvgIpc) is 2.40. The Morgan fingerprint density at radius 1 is 1.37 bits per heavy atom. The van der Waals surface area contributed by atoms with Gasteiger partial charge in [-0.15, -0.1) is 6.58 Å². The van der Waals surface area contributed by atoms with Crippen molar-refractivity contribution in [1.29, 1.82) is 0 Å². The van der Waals surface area contributed by atoms with E-state index in [1.165, 1.54) is 4.90 Å². The van der Waals surface area contributed by atoms with Gasteiger partial charge in [-0.05, 0) is 18.6 Å². The van der Waals surface area contributed by atoms with Gasteiger partial charge >= 0.3 is 5.97 Å². The number of nitrogens with two attached hydrogens (primary N) is 1. The summed E-state index contributed by atoms with van der Waals surface area (Å²) in [6, 6.07) is 8.20. The van der Waals surface area contributed by atoms with E-state index in [4.69, 9.17) is 10.8 Å². The molecule has 0 aliphatic rings. The number of amides is 1. The fourth-order valence-electron chi connectivity index (χ4n) is 1.66. The molecule has 5 nitrogen and oxygen atoms in total. The molecule has 0 saturated carbocycles. The van der Waals surface area contributed by atoms with Crippen molar-refractivity contribution < 1.29 is 14.7 Å². The van der Waals surface area contributed by atoms with Gasteiger partial charge in [-0.1, -0.05) is 24.3 Å². The minimum absolute atomic E-state index is 0.100. The smallest absolute Gasteiger partial charge is 0.305 e. The van der Waals surface area contributed by atoms with Crippen molar-refractivity contribution in [1.82, 2.24) is 0 Å². The van der Waals surface area contributed by atoms with Gasteiger partial charge in [-0.3, -0.25) is 9.59 Å². The third-order valence-electron chi connectivity index (χ3n) is 2.62. The van der Waals surface area contributed by atoms with E-state index in [2.05, 4.69) is 6.58 Å². The zero-order valence-corrected chi connectivity index (χ0v) is 10.7. The topological polar surface area (TPSA) is 83.6 Å². The molecule has 0 radical (unpaired) electrons. The maximum Gasteiger partial charge on any atom is 0.305 e. The number of benzene rings is 1. The highest BCUT2D eigenvalue weighted by molar-refractivity contribution is 5.97. The number of anilines is 1. The summed E-state index contributed by atoms with van der Waals surface area (Å²) >= 11 is 0. The monoisotopic (exact) mass is 262 g/mol. The van der Waals surface area contributed by atoms with Crippen LogP contribution in [0.3, 0.4) is 0 Å². The molecule has 0 heterocycles. The Bertz CT molecular complexity index is 445. The Balaban J connectivity index is 2.89. The number of rotatable bonds is 7. The van der Waals surface area contributed by atoms with Crippen molar-refractivity contribution in [3.63, 3.8) is 0 Å². The molecule has 1 rings (SSSR count). The van der Waals surface area contributed by atoms with Gasteiger partial charge in [-0.25, -0.2) is 0 Å². The third-order valence-corrected chi connectivity index (χ3v) is 2.62. The minimum atomic E-state index is -0.953. The quantitative estimate of drug-likeness (QED) is 0.727. The van der Waals surface area contributed by atoms with Crippen LogP contribution in [-0.2, 0) is 9.59 Å². The van der Waals surface area contributed by atoms with Crippen LogP contribution in [-0.4, -0.2) is 29.6 Å². The average molecular weight is 262 g/mol. The molecule has 1 unspecified atom stereocenters. The number of carboxylic acids is 1. The number of carbonyl (C=O) groups excluding carboxylic acids is 1. The summed E-state index contributed by atoms with van der Waals surface area (Å²) in [5, 5.41) is 8.75. The highest BCUT2D eigenvalue weighted by atomic mass is 16.4. The molecule has 0 bridgehead atoms. The number of carbonyl (C=O) groups is 2. The van der Waals surface area contributed by atoms with Gasteiger partial charge in [0.1, 0.15) is 0 Å². The van der Waals surface area contributed by atoms with E-state index in [0.717, 1.165) is 0 Å². The number of nitrogens with zero attached hydrogens (tertiary/aromatic N) is 1. The number of hydrogen-bond donors (Lipinski definition) is 2. The van der Waals surface area contributed by atoms with Crippen molar-refractivity contribution in [3.05, 3.63) is 43.0 Å². The standard InChI is InChI=1S/C14H18N2O3/c1-2-6-12(15)14(19)16(10-9-13(17)18)11-7-4-3-5-8-11/h2-5,7-8,12H,1,6,9-10,15H2,(H,17,18). The van der Waals surface area contributed by atoms with Crippen molar-refractivity contribution >= 4 is 17.6 Å². The molecule has 1 atom stereocenters. The van der Waals surface area contributed by atoms with Gasteiger partial charge < -0.3 is 15.7 Å². The maximum atomic E-state index is 12.2. The summed E-state index contributed by atoms with van der Waals surface area (Å²) < 4.78 is 0. The van der Waals surface area contributed by atoms with Crippen LogP contribution < -0.4 is 10.6 Å². The molecule has 1 aromatic carbocycles. The second kappa shape index (κ2) is 7.33. The molecular weight excluding hydrogens is 244 g/mol. The van der Waals surface area contributed by atoms with E-state index in [0.29, 0.717) is 12.1 Å². The molecule has 5 heteroatoms. The first-order chi connectivity index (χ1) is 9.06. The van der Waals surface area contributed by atoms with E-state index >= 15 is 0 Å². The lowest BCUT2D eigenvalue weighted by Gasteiger charge is -2.25. The summed E-state index contributed by atoms with van der Waals surface area (Å²) in [6.07, 6.45) is 1.81. The molecule has 0 fully saturated rings. The van der Waals surface area contributed by atoms with Gasteiger partial charge in [-0.2, -0.15) is 0 Å². The Labute approximate surface area is 112 Å². The predicted octanol–water partition coefficient (Wildman–Crippen LogP) is 1.40. The number of carboxylic acid groups (broad SMARTS) is 1. The first-order valence-electron chi connectivity index (χ1n) is 6.01. The number of aliphatic carboxylic acids is 1. The van der Waals surface area contributed by atoms with Crippen molar-refractivity contribution in [3.8, 4) is 0 Å². The fraction of sp³-hybridized carbons (Fsp3) is 0.286. The van der Waals surface area contributed by atoms with Crippen molar-refractivity contribution in [2.45, 2.75) is 18.9 Å². The molecule has 1 amide bonds.